The number of terminal acetylenes is 1. The van der Waals surface area contributed by atoms with Crippen molar-refractivity contribution in [2.24, 2.45) is 40.4 Å². The number of carbonyl (C=O) groups is 1. The molecule has 0 aromatic carbocycles. The Labute approximate surface area is 180 Å². The van der Waals surface area contributed by atoms with Gasteiger partial charge in [-0.1, -0.05) is 40.5 Å². The van der Waals surface area contributed by atoms with Crippen LogP contribution < -0.4 is 0 Å². The smallest absolute Gasteiger partial charge is 0.303 e. The molecule has 7 atom stereocenters. The third-order valence-electron chi connectivity index (χ3n) is 9.72. The lowest BCUT2D eigenvalue weighted by molar-refractivity contribution is -0.137. The van der Waals surface area contributed by atoms with Gasteiger partial charge >= 0.3 is 5.97 Å². The maximum absolute atomic E-state index is 10.9. The van der Waals surface area contributed by atoms with Crippen molar-refractivity contribution in [2.45, 2.75) is 111 Å². The second-order valence-electron chi connectivity index (χ2n) is 10.5. The summed E-state index contributed by atoms with van der Waals surface area (Å²) in [7, 11) is 0. The number of carboxylic acid groups (broad SMARTS) is 1. The Morgan fingerprint density at radius 3 is 2.28 bits per heavy atom. The van der Waals surface area contributed by atoms with Crippen LogP contribution in [0.3, 0.4) is 0 Å². The highest BCUT2D eigenvalue weighted by Gasteiger charge is 2.59. The molecule has 0 saturated heterocycles. The van der Waals surface area contributed by atoms with E-state index < -0.39 is 5.97 Å². The molecule has 0 aliphatic heterocycles. The topological polar surface area (TPSA) is 37.3 Å². The fourth-order valence-electron chi connectivity index (χ4n) is 8.38. The van der Waals surface area contributed by atoms with Gasteiger partial charge in [-0.3, -0.25) is 4.79 Å². The third kappa shape index (κ3) is 4.55. The van der Waals surface area contributed by atoms with Crippen molar-refractivity contribution < 1.29 is 9.90 Å². The minimum Gasteiger partial charge on any atom is -0.481 e. The van der Waals surface area contributed by atoms with E-state index in [-0.39, 0.29) is 0 Å². The summed E-state index contributed by atoms with van der Waals surface area (Å²) in [6.45, 7) is 9.25. The molecule has 1 N–H and O–H groups in total. The fraction of sp³-hybridized carbons (Fsp3) is 0.889. The molecule has 4 rings (SSSR count). The van der Waals surface area contributed by atoms with Gasteiger partial charge < -0.3 is 5.11 Å². The van der Waals surface area contributed by atoms with E-state index in [1.165, 1.54) is 64.2 Å². The molecule has 0 spiro atoms. The molecule has 4 fully saturated rings. The van der Waals surface area contributed by atoms with E-state index in [0.717, 1.165) is 42.4 Å². The van der Waals surface area contributed by atoms with Crippen molar-refractivity contribution in [3.05, 3.63) is 0 Å². The van der Waals surface area contributed by atoms with E-state index in [1.54, 1.807) is 0 Å². The predicted molar refractivity (Wildman–Crippen MR) is 123 cm³/mol. The first kappa shape index (κ1) is 24.3. The van der Waals surface area contributed by atoms with E-state index in [1.807, 2.05) is 13.8 Å². The van der Waals surface area contributed by atoms with E-state index in [9.17, 15) is 4.79 Å². The Bertz CT molecular complexity index is 552. The Hall–Kier alpha value is -0.970. The van der Waals surface area contributed by atoms with E-state index >= 15 is 0 Å². The molecule has 4 aliphatic carbocycles. The van der Waals surface area contributed by atoms with Gasteiger partial charge in [0.15, 0.2) is 0 Å². The van der Waals surface area contributed by atoms with Crippen LogP contribution in [-0.2, 0) is 4.79 Å². The minimum atomic E-state index is -0.619. The van der Waals surface area contributed by atoms with Crippen molar-refractivity contribution in [1.29, 1.82) is 0 Å². The van der Waals surface area contributed by atoms with Crippen molar-refractivity contribution >= 4 is 5.97 Å². The molecule has 0 amide bonds. The highest BCUT2D eigenvalue weighted by Crippen LogP contribution is 2.67. The van der Waals surface area contributed by atoms with Crippen LogP contribution in [0.2, 0.25) is 0 Å². The molecular weight excluding hydrogens is 356 g/mol. The van der Waals surface area contributed by atoms with Gasteiger partial charge in [-0.2, -0.15) is 0 Å². The van der Waals surface area contributed by atoms with E-state index in [4.69, 9.17) is 5.11 Å². The lowest BCUT2D eigenvalue weighted by Gasteiger charge is -2.60. The van der Waals surface area contributed by atoms with Gasteiger partial charge in [-0.15, -0.1) is 12.8 Å². The van der Waals surface area contributed by atoms with Crippen LogP contribution in [0, 0.1) is 53.3 Å². The summed E-state index contributed by atoms with van der Waals surface area (Å²) in [6.07, 6.45) is 25.0. The zero-order valence-electron chi connectivity index (χ0n) is 19.6. The summed E-state index contributed by atoms with van der Waals surface area (Å²) in [4.78, 5) is 10.9. The van der Waals surface area contributed by atoms with E-state index in [2.05, 4.69) is 26.7 Å². The first-order chi connectivity index (χ1) is 13.9. The zero-order chi connectivity index (χ0) is 21.7. The lowest BCUT2D eigenvalue weighted by Crippen LogP contribution is -2.52. The van der Waals surface area contributed by atoms with Crippen molar-refractivity contribution in [3.63, 3.8) is 0 Å². The SMILES string of the molecule is C#C.CC.C[C@]12CCC3[C@@H](CC[C@@H]4CCCC[C@]34C)C1CC[C@@H]2CCCC(=O)O. The summed E-state index contributed by atoms with van der Waals surface area (Å²) >= 11 is 0. The van der Waals surface area contributed by atoms with Crippen LogP contribution >= 0.6 is 0 Å². The highest BCUT2D eigenvalue weighted by atomic mass is 16.4. The van der Waals surface area contributed by atoms with Crippen molar-refractivity contribution in [2.75, 3.05) is 0 Å². The fourth-order valence-corrected chi connectivity index (χ4v) is 8.38. The Balaban J connectivity index is 0.000000707. The first-order valence-corrected chi connectivity index (χ1v) is 12.5. The van der Waals surface area contributed by atoms with Gasteiger partial charge in [0.2, 0.25) is 0 Å². The highest BCUT2D eigenvalue weighted by molar-refractivity contribution is 5.66. The third-order valence-corrected chi connectivity index (χ3v) is 9.72. The molecule has 2 nitrogen and oxygen atoms in total. The number of hydrogen-bond acceptors (Lipinski definition) is 1. The van der Waals surface area contributed by atoms with E-state index in [0.29, 0.717) is 17.3 Å². The number of rotatable bonds is 4. The molecule has 0 heterocycles. The summed E-state index contributed by atoms with van der Waals surface area (Å²) in [5.74, 6) is 4.08. The normalized spacial score (nSPS) is 42.6. The molecule has 0 bridgehead atoms. The molecule has 2 unspecified atom stereocenters. The van der Waals surface area contributed by atoms with Gasteiger partial charge in [-0.25, -0.2) is 0 Å². The Morgan fingerprint density at radius 2 is 1.59 bits per heavy atom. The zero-order valence-corrected chi connectivity index (χ0v) is 19.6. The molecule has 166 valence electrons. The Morgan fingerprint density at radius 1 is 0.897 bits per heavy atom. The molecule has 0 aromatic heterocycles. The van der Waals surface area contributed by atoms with Gasteiger partial charge in [0, 0.05) is 6.42 Å². The number of hydrogen-bond donors (Lipinski definition) is 1. The second kappa shape index (κ2) is 10.4. The number of fused-ring (bicyclic) bond motifs is 5. The largest absolute Gasteiger partial charge is 0.481 e. The molecule has 0 aromatic rings. The molecule has 4 aliphatic rings. The average Bonchev–Trinajstić information content (AvgIpc) is 3.07. The van der Waals surface area contributed by atoms with Crippen molar-refractivity contribution in [3.8, 4) is 12.8 Å². The van der Waals surface area contributed by atoms with Crippen molar-refractivity contribution in [1.82, 2.24) is 0 Å². The molecule has 4 saturated carbocycles. The molecular formula is C27H46O2. The maximum Gasteiger partial charge on any atom is 0.303 e. The molecule has 2 heteroatoms. The number of aliphatic carboxylic acids is 1. The minimum absolute atomic E-state index is 0.364. The summed E-state index contributed by atoms with van der Waals surface area (Å²) in [5, 5.41) is 8.98. The predicted octanol–water partition coefficient (Wildman–Crippen LogP) is 7.57. The average molecular weight is 403 g/mol. The Kier molecular flexibility index (Phi) is 8.69. The second-order valence-corrected chi connectivity index (χ2v) is 10.5. The van der Waals surface area contributed by atoms with Crippen LogP contribution in [0.5, 0.6) is 0 Å². The van der Waals surface area contributed by atoms with Crippen LogP contribution in [-0.4, -0.2) is 11.1 Å². The molecule has 0 radical (unpaired) electrons. The van der Waals surface area contributed by atoms with Gasteiger partial charge in [0.25, 0.3) is 0 Å². The number of carboxylic acids is 1. The lowest BCUT2D eigenvalue weighted by atomic mass is 9.45. The maximum atomic E-state index is 10.9. The van der Waals surface area contributed by atoms with Crippen LogP contribution in [0.4, 0.5) is 0 Å². The first-order valence-electron chi connectivity index (χ1n) is 12.5. The van der Waals surface area contributed by atoms with Crippen LogP contribution in [0.25, 0.3) is 0 Å². The quantitative estimate of drug-likeness (QED) is 0.492. The van der Waals surface area contributed by atoms with Crippen LogP contribution in [0.15, 0.2) is 0 Å². The summed E-state index contributed by atoms with van der Waals surface area (Å²) < 4.78 is 0. The summed E-state index contributed by atoms with van der Waals surface area (Å²) in [5.41, 5.74) is 1.15. The summed E-state index contributed by atoms with van der Waals surface area (Å²) in [6, 6.07) is 0. The van der Waals surface area contributed by atoms with Gasteiger partial charge in [0.1, 0.15) is 0 Å². The molecule has 29 heavy (non-hydrogen) atoms. The standard InChI is InChI=1S/C23H38O2.C2H6.C2H2/c1-22-14-4-3-6-16(22)9-11-18-19-12-10-17(7-5-8-21(24)25)23(19,2)15-13-20(18)22;2*1-2/h16-20H,3-15H2,1-2H3,(H,24,25);1-2H3;1-2H/t16-,17-,18-,19?,20?,22-,23+;;/m0../s1. The van der Waals surface area contributed by atoms with Gasteiger partial charge in [0.05, 0.1) is 0 Å². The van der Waals surface area contributed by atoms with Gasteiger partial charge in [-0.05, 0) is 105 Å². The monoisotopic (exact) mass is 402 g/mol. The van der Waals surface area contributed by atoms with Crippen LogP contribution in [0.1, 0.15) is 111 Å².